The Bertz CT molecular complexity index is 3240. The number of hydrogen-bond acceptors (Lipinski definition) is 2. The second-order valence-corrected chi connectivity index (χ2v) is 17.3. The lowest BCUT2D eigenvalue weighted by Gasteiger charge is -2.28. The van der Waals surface area contributed by atoms with Gasteiger partial charge in [0.25, 0.3) is 0 Å². The van der Waals surface area contributed by atoms with Crippen LogP contribution in [0.15, 0.2) is 231 Å². The molecule has 9 aromatic carbocycles. The molecule has 0 amide bonds. The van der Waals surface area contributed by atoms with Crippen LogP contribution in [-0.2, 0) is 5.41 Å². The van der Waals surface area contributed by atoms with Crippen molar-refractivity contribution in [2.24, 2.45) is 0 Å². The zero-order valence-corrected chi connectivity index (χ0v) is 39.0. The molecule has 2 heteroatoms. The second-order valence-electron chi connectivity index (χ2n) is 17.3. The van der Waals surface area contributed by atoms with E-state index in [1.807, 2.05) is 60.7 Å². The van der Waals surface area contributed by atoms with Crippen LogP contribution in [0.25, 0.3) is 11.1 Å². The van der Waals surface area contributed by atoms with Crippen molar-refractivity contribution in [1.29, 1.82) is 0 Å². The molecule has 0 atom stereocenters. The summed E-state index contributed by atoms with van der Waals surface area (Å²) in [5.74, 6) is 20.1. The number of nitrogens with zero attached hydrogens (tertiary/aromatic N) is 2. The van der Waals surface area contributed by atoms with Gasteiger partial charge in [-0.2, -0.15) is 0 Å². The monoisotopic (exact) mass is 872 g/mol. The van der Waals surface area contributed by atoms with Crippen molar-refractivity contribution in [3.63, 3.8) is 0 Å². The predicted octanol–water partition coefficient (Wildman–Crippen LogP) is 16.5. The fourth-order valence-corrected chi connectivity index (χ4v) is 8.55. The minimum Gasteiger partial charge on any atom is -0.311 e. The molecule has 0 unspecified atom stereocenters. The van der Waals surface area contributed by atoms with Gasteiger partial charge in [-0.3, -0.25) is 0 Å². The molecule has 0 radical (unpaired) electrons. The first kappa shape index (κ1) is 44.5. The first-order valence-corrected chi connectivity index (χ1v) is 23.3. The van der Waals surface area contributed by atoms with Crippen molar-refractivity contribution in [3.8, 4) is 46.6 Å². The first-order valence-electron chi connectivity index (χ1n) is 23.3. The Morgan fingerprint density at radius 1 is 0.294 bits per heavy atom. The lowest BCUT2D eigenvalue weighted by atomic mass is 9.82. The lowest BCUT2D eigenvalue weighted by Crippen LogP contribution is -2.16. The van der Waals surface area contributed by atoms with Crippen LogP contribution in [0.2, 0.25) is 0 Å². The van der Waals surface area contributed by atoms with E-state index in [1.54, 1.807) is 0 Å². The van der Waals surface area contributed by atoms with Gasteiger partial charge in [-0.15, -0.1) is 0 Å². The molecule has 68 heavy (non-hydrogen) atoms. The summed E-state index contributed by atoms with van der Waals surface area (Å²) >= 11 is 0. The van der Waals surface area contributed by atoms with Gasteiger partial charge in [-0.25, -0.2) is 0 Å². The highest BCUT2D eigenvalue weighted by Gasteiger charge is 2.36. The number of benzene rings is 9. The van der Waals surface area contributed by atoms with E-state index in [0.717, 1.165) is 67.5 Å². The molecule has 1 aliphatic carbocycles. The number of anilines is 6. The molecular formula is C66H52N2. The molecule has 0 N–H and O–H groups in total. The van der Waals surface area contributed by atoms with Crippen LogP contribution in [0.5, 0.6) is 0 Å². The van der Waals surface area contributed by atoms with E-state index in [9.17, 15) is 0 Å². The van der Waals surface area contributed by atoms with E-state index < -0.39 is 0 Å². The zero-order chi connectivity index (χ0) is 46.7. The average Bonchev–Trinajstić information content (AvgIpc) is 3.61. The van der Waals surface area contributed by atoms with Crippen molar-refractivity contribution in [2.45, 2.75) is 39.5 Å². The molecular weight excluding hydrogens is 821 g/mol. The van der Waals surface area contributed by atoms with Gasteiger partial charge in [0.05, 0.1) is 0 Å². The normalized spacial score (nSPS) is 11.4. The van der Waals surface area contributed by atoms with Crippen LogP contribution < -0.4 is 9.80 Å². The molecule has 326 valence electrons. The van der Waals surface area contributed by atoms with Gasteiger partial charge in [0.1, 0.15) is 0 Å². The Kier molecular flexibility index (Phi) is 13.5. The van der Waals surface area contributed by atoms with Gasteiger partial charge in [0.2, 0.25) is 0 Å². The molecule has 0 bridgehead atoms. The van der Waals surface area contributed by atoms with E-state index in [2.05, 4.69) is 243 Å². The van der Waals surface area contributed by atoms with Crippen LogP contribution in [-0.4, -0.2) is 0 Å². The molecule has 9 aromatic rings. The second kappa shape index (κ2) is 20.6. The third kappa shape index (κ3) is 10.1. The molecule has 1 aliphatic rings. The molecule has 0 heterocycles. The van der Waals surface area contributed by atoms with E-state index in [4.69, 9.17) is 0 Å². The zero-order valence-electron chi connectivity index (χ0n) is 39.0. The highest BCUT2D eigenvalue weighted by Crippen LogP contribution is 2.51. The fourth-order valence-electron chi connectivity index (χ4n) is 8.55. The third-order valence-corrected chi connectivity index (χ3v) is 11.9. The number of rotatable bonds is 6. The topological polar surface area (TPSA) is 6.48 Å². The Balaban J connectivity index is 0.00000188. The van der Waals surface area contributed by atoms with Gasteiger partial charge in [0.15, 0.2) is 0 Å². The first-order chi connectivity index (χ1) is 33.4. The summed E-state index contributed by atoms with van der Waals surface area (Å²) in [6.07, 6.45) is 1.25. The highest BCUT2D eigenvalue weighted by atomic mass is 15.1. The van der Waals surface area contributed by atoms with Crippen LogP contribution in [0.1, 0.15) is 78.6 Å². The number of para-hydroxylation sites is 4. The molecule has 0 aliphatic heterocycles. The summed E-state index contributed by atoms with van der Waals surface area (Å²) in [4.78, 5) is 4.58. The Morgan fingerprint density at radius 2 is 0.544 bits per heavy atom. The quantitative estimate of drug-likeness (QED) is 0.154. The van der Waals surface area contributed by atoms with Crippen molar-refractivity contribution in [2.75, 3.05) is 9.80 Å². The Morgan fingerprint density at radius 3 is 0.912 bits per heavy atom. The van der Waals surface area contributed by atoms with Crippen molar-refractivity contribution < 1.29 is 0 Å². The maximum absolute atomic E-state index is 3.44. The third-order valence-electron chi connectivity index (χ3n) is 11.9. The summed E-state index contributed by atoms with van der Waals surface area (Å²) in [5, 5.41) is 0. The summed E-state index contributed by atoms with van der Waals surface area (Å²) in [5.41, 5.74) is 17.4. The van der Waals surface area contributed by atoms with Crippen LogP contribution in [0, 0.1) is 35.5 Å². The largest absolute Gasteiger partial charge is 0.311 e. The van der Waals surface area contributed by atoms with Gasteiger partial charge in [0, 0.05) is 72.9 Å². The standard InChI is InChI=1S/C63H44N2.C3H8/c1-63(2)61-45-52(39-43-59(61)60-44-42-58(46-62(60)63)65(55-19-11-5-12-20-55)56-21-13-6-14-22-56)36-35-50-31-29-48(30-32-50)24-23-47-25-27-49(28-26-47)33-34-51-37-40-57(41-38-51)64(53-15-7-3-8-16-53)54-17-9-4-10-18-54;1-3-2/h3-22,25-32,37-46H,1-2H3;3H2,1-2H3. The Hall–Kier alpha value is -8.74. The van der Waals surface area contributed by atoms with Crippen molar-refractivity contribution in [1.82, 2.24) is 0 Å². The lowest BCUT2D eigenvalue weighted by molar-refractivity contribution is 0.660. The van der Waals surface area contributed by atoms with Gasteiger partial charge in [-0.1, -0.05) is 155 Å². The average molecular weight is 873 g/mol. The molecule has 0 saturated carbocycles. The van der Waals surface area contributed by atoms with Gasteiger partial charge >= 0.3 is 0 Å². The molecule has 0 saturated heterocycles. The van der Waals surface area contributed by atoms with E-state index in [-0.39, 0.29) is 5.41 Å². The molecule has 0 fully saturated rings. The van der Waals surface area contributed by atoms with Crippen LogP contribution >= 0.6 is 0 Å². The molecule has 0 aromatic heterocycles. The molecule has 2 nitrogen and oxygen atoms in total. The van der Waals surface area contributed by atoms with Crippen molar-refractivity contribution in [3.05, 3.63) is 275 Å². The SMILES string of the molecule is CC1(C)c2cc(C#Cc3ccc(C#Cc4ccc(C#Cc5ccc(N(c6ccccc6)c6ccccc6)cc5)cc4)cc3)ccc2-c2ccc(N(c3ccccc3)c3ccccc3)cc21.CCC. The number of hydrogen-bond donors (Lipinski definition) is 0. The van der Waals surface area contributed by atoms with Crippen LogP contribution in [0.3, 0.4) is 0 Å². The van der Waals surface area contributed by atoms with E-state index >= 15 is 0 Å². The minimum absolute atomic E-state index is 0.186. The van der Waals surface area contributed by atoms with E-state index in [1.165, 1.54) is 28.7 Å². The summed E-state index contributed by atoms with van der Waals surface area (Å²) in [6.45, 7) is 8.90. The maximum atomic E-state index is 3.44. The molecule has 10 rings (SSSR count). The fraction of sp³-hybridized carbons (Fsp3) is 0.0909. The smallest absolute Gasteiger partial charge is 0.0465 e. The van der Waals surface area contributed by atoms with E-state index in [0.29, 0.717) is 0 Å². The Labute approximate surface area is 403 Å². The summed E-state index contributed by atoms with van der Waals surface area (Å²) in [6, 6.07) is 80.2. The maximum Gasteiger partial charge on any atom is 0.0465 e. The minimum atomic E-state index is -0.186. The highest BCUT2D eigenvalue weighted by molar-refractivity contribution is 5.86. The van der Waals surface area contributed by atoms with Crippen molar-refractivity contribution >= 4 is 34.1 Å². The van der Waals surface area contributed by atoms with Gasteiger partial charge in [-0.05, 0) is 168 Å². The molecule has 0 spiro atoms. The summed E-state index contributed by atoms with van der Waals surface area (Å²) < 4.78 is 0. The van der Waals surface area contributed by atoms with Crippen LogP contribution in [0.4, 0.5) is 34.1 Å². The summed E-state index contributed by atoms with van der Waals surface area (Å²) in [7, 11) is 0. The predicted molar refractivity (Wildman–Crippen MR) is 287 cm³/mol. The van der Waals surface area contributed by atoms with Gasteiger partial charge < -0.3 is 9.80 Å². The number of fused-ring (bicyclic) bond motifs is 3.